The van der Waals surface area contributed by atoms with E-state index in [4.69, 9.17) is 11.6 Å². The largest absolute Gasteiger partial charge is 0.373 e. The summed E-state index contributed by atoms with van der Waals surface area (Å²) in [4.78, 5) is 1.05. The molecule has 1 aromatic rings. The van der Waals surface area contributed by atoms with Crippen molar-refractivity contribution in [2.24, 2.45) is 0 Å². The number of benzene rings is 1. The van der Waals surface area contributed by atoms with E-state index < -0.39 is 6.23 Å². The number of halogens is 1. The molecule has 1 N–H and O–H groups in total. The second-order valence-electron chi connectivity index (χ2n) is 4.61. The van der Waals surface area contributed by atoms with Crippen LogP contribution in [0.3, 0.4) is 0 Å². The molecule has 2 nitrogen and oxygen atoms in total. The molecule has 1 heterocycles. The lowest BCUT2D eigenvalue weighted by atomic mass is 10.1. The van der Waals surface area contributed by atoms with Gasteiger partial charge in [0.2, 0.25) is 0 Å². The number of aliphatic hydroxyl groups is 1. The molecule has 82 valence electrons. The summed E-state index contributed by atoms with van der Waals surface area (Å²) in [7, 11) is 0. The lowest BCUT2D eigenvalue weighted by Gasteiger charge is -2.32. The average molecular weight is 244 g/mol. The van der Waals surface area contributed by atoms with Crippen molar-refractivity contribution in [3.05, 3.63) is 28.8 Å². The number of aliphatic hydroxyl groups excluding tert-OH is 1. The third-order valence-corrected chi connectivity index (χ3v) is 4.18. The van der Waals surface area contributed by atoms with Crippen LogP contribution in [0.4, 0.5) is 0 Å². The molecule has 1 aliphatic rings. The van der Waals surface area contributed by atoms with Gasteiger partial charge in [-0.15, -0.1) is 0 Å². The van der Waals surface area contributed by atoms with E-state index in [1.165, 1.54) is 0 Å². The van der Waals surface area contributed by atoms with Crippen molar-refractivity contribution >= 4 is 23.5 Å². The Labute approximate surface area is 99.4 Å². The van der Waals surface area contributed by atoms with E-state index in [1.54, 1.807) is 11.9 Å². The Morgan fingerprint density at radius 3 is 2.60 bits per heavy atom. The Kier molecular flexibility index (Phi) is 2.75. The maximum absolute atomic E-state index is 10.2. The second kappa shape index (κ2) is 3.67. The first-order valence-electron chi connectivity index (χ1n) is 4.85. The molecule has 0 radical (unpaired) electrons. The monoisotopic (exact) mass is 243 g/mol. The van der Waals surface area contributed by atoms with Gasteiger partial charge in [-0.05, 0) is 44.9 Å². The Bertz CT molecular complexity index is 389. The van der Waals surface area contributed by atoms with Crippen LogP contribution in [0.25, 0.3) is 0 Å². The fourth-order valence-electron chi connectivity index (χ4n) is 1.62. The van der Waals surface area contributed by atoms with Gasteiger partial charge >= 0.3 is 0 Å². The van der Waals surface area contributed by atoms with Crippen LogP contribution in [0.15, 0.2) is 23.1 Å². The molecule has 0 fully saturated rings. The van der Waals surface area contributed by atoms with Gasteiger partial charge in [0.25, 0.3) is 0 Å². The van der Waals surface area contributed by atoms with Gasteiger partial charge in [-0.1, -0.05) is 17.7 Å². The Hall–Kier alpha value is -0.220. The Balaban J connectivity index is 2.42. The van der Waals surface area contributed by atoms with E-state index in [9.17, 15) is 5.11 Å². The van der Waals surface area contributed by atoms with Crippen molar-refractivity contribution in [3.8, 4) is 0 Å². The molecular formula is C11H14ClNOS. The zero-order valence-electron chi connectivity index (χ0n) is 8.99. The first-order chi connectivity index (χ1) is 6.91. The van der Waals surface area contributed by atoms with Gasteiger partial charge in [-0.25, -0.2) is 4.31 Å². The van der Waals surface area contributed by atoms with E-state index in [-0.39, 0.29) is 5.54 Å². The van der Waals surface area contributed by atoms with E-state index in [2.05, 4.69) is 20.8 Å². The van der Waals surface area contributed by atoms with Crippen LogP contribution in [-0.4, -0.2) is 15.0 Å². The quantitative estimate of drug-likeness (QED) is 0.706. The maximum atomic E-state index is 10.2. The lowest BCUT2D eigenvalue weighted by Crippen LogP contribution is -2.36. The van der Waals surface area contributed by atoms with Crippen molar-refractivity contribution in [2.75, 3.05) is 0 Å². The van der Waals surface area contributed by atoms with Crippen LogP contribution in [0.1, 0.15) is 32.6 Å². The van der Waals surface area contributed by atoms with Gasteiger partial charge in [0.1, 0.15) is 6.23 Å². The summed E-state index contributed by atoms with van der Waals surface area (Å²) < 4.78 is 1.96. The van der Waals surface area contributed by atoms with Gasteiger partial charge in [0.05, 0.1) is 0 Å². The molecule has 15 heavy (non-hydrogen) atoms. The summed E-state index contributed by atoms with van der Waals surface area (Å²) in [5.41, 5.74) is 0.742. The standard InChI is InChI=1S/C11H14ClNOS/c1-11(2,3)13-10(14)9-7(12)5-4-6-8(9)15-13/h4-6,10,14H,1-3H3. The van der Waals surface area contributed by atoms with Crippen LogP contribution in [0, 0.1) is 0 Å². The molecule has 2 rings (SSSR count). The van der Waals surface area contributed by atoms with Crippen molar-refractivity contribution < 1.29 is 5.11 Å². The third-order valence-electron chi connectivity index (χ3n) is 2.35. The van der Waals surface area contributed by atoms with E-state index >= 15 is 0 Å². The minimum atomic E-state index is -0.612. The minimum Gasteiger partial charge on any atom is -0.373 e. The third kappa shape index (κ3) is 1.89. The number of fused-ring (bicyclic) bond motifs is 1. The number of hydrogen-bond acceptors (Lipinski definition) is 3. The summed E-state index contributed by atoms with van der Waals surface area (Å²) in [6, 6.07) is 5.71. The van der Waals surface area contributed by atoms with Crippen LogP contribution in [-0.2, 0) is 0 Å². The summed E-state index contributed by atoms with van der Waals surface area (Å²) in [6.07, 6.45) is -0.612. The number of rotatable bonds is 0. The molecule has 1 aromatic carbocycles. The highest BCUT2D eigenvalue weighted by atomic mass is 35.5. The summed E-state index contributed by atoms with van der Waals surface area (Å²) >= 11 is 7.64. The molecule has 0 saturated carbocycles. The van der Waals surface area contributed by atoms with Crippen molar-refractivity contribution in [3.63, 3.8) is 0 Å². The topological polar surface area (TPSA) is 23.5 Å². The molecule has 0 amide bonds. The van der Waals surface area contributed by atoms with Crippen molar-refractivity contribution in [1.82, 2.24) is 4.31 Å². The van der Waals surface area contributed by atoms with E-state index in [1.807, 2.05) is 22.5 Å². The van der Waals surface area contributed by atoms with E-state index in [0.29, 0.717) is 5.02 Å². The summed E-state index contributed by atoms with van der Waals surface area (Å²) in [5, 5.41) is 10.8. The van der Waals surface area contributed by atoms with Crippen molar-refractivity contribution in [1.29, 1.82) is 0 Å². The van der Waals surface area contributed by atoms with Crippen LogP contribution in [0.5, 0.6) is 0 Å². The highest BCUT2D eigenvalue weighted by Crippen LogP contribution is 2.49. The van der Waals surface area contributed by atoms with Crippen LogP contribution >= 0.6 is 23.5 Å². The Morgan fingerprint density at radius 2 is 2.07 bits per heavy atom. The van der Waals surface area contributed by atoms with Crippen LogP contribution < -0.4 is 0 Å². The normalized spacial score (nSPS) is 21.8. The predicted octanol–water partition coefficient (Wildman–Crippen LogP) is 3.45. The Morgan fingerprint density at radius 1 is 1.40 bits per heavy atom. The van der Waals surface area contributed by atoms with Gasteiger partial charge in [-0.2, -0.15) is 0 Å². The van der Waals surface area contributed by atoms with Crippen LogP contribution in [0.2, 0.25) is 5.02 Å². The molecule has 0 bridgehead atoms. The molecule has 0 spiro atoms. The highest BCUT2D eigenvalue weighted by Gasteiger charge is 2.38. The van der Waals surface area contributed by atoms with Crippen molar-refractivity contribution in [2.45, 2.75) is 37.4 Å². The second-order valence-corrected chi connectivity index (χ2v) is 6.04. The smallest absolute Gasteiger partial charge is 0.145 e. The zero-order valence-corrected chi connectivity index (χ0v) is 10.6. The number of hydrogen-bond donors (Lipinski definition) is 1. The van der Waals surface area contributed by atoms with Gasteiger partial charge in [-0.3, -0.25) is 0 Å². The van der Waals surface area contributed by atoms with Gasteiger partial charge < -0.3 is 5.11 Å². The zero-order chi connectivity index (χ0) is 11.2. The molecule has 1 aliphatic heterocycles. The average Bonchev–Trinajstić information content (AvgIpc) is 2.44. The molecule has 0 aliphatic carbocycles. The minimum absolute atomic E-state index is 0.0908. The van der Waals surface area contributed by atoms with Gasteiger partial charge in [0.15, 0.2) is 0 Å². The summed E-state index contributed by atoms with van der Waals surface area (Å²) in [5.74, 6) is 0. The fraction of sp³-hybridized carbons (Fsp3) is 0.455. The first-order valence-corrected chi connectivity index (χ1v) is 6.00. The van der Waals surface area contributed by atoms with E-state index in [0.717, 1.165) is 10.5 Å². The molecule has 1 unspecified atom stereocenters. The number of nitrogens with zero attached hydrogens (tertiary/aromatic N) is 1. The molecule has 1 atom stereocenters. The summed E-state index contributed by atoms with van der Waals surface area (Å²) in [6.45, 7) is 6.22. The first kappa shape index (κ1) is 11.3. The predicted molar refractivity (Wildman–Crippen MR) is 63.9 cm³/mol. The highest BCUT2D eigenvalue weighted by molar-refractivity contribution is 7.97. The molecule has 0 saturated heterocycles. The SMILES string of the molecule is CC(C)(C)N1Sc2cccc(Cl)c2C1O. The molecule has 4 heteroatoms. The maximum Gasteiger partial charge on any atom is 0.145 e. The fourth-order valence-corrected chi connectivity index (χ4v) is 3.10. The van der Waals surface area contributed by atoms with Gasteiger partial charge in [0, 0.05) is 21.0 Å². The molecular weight excluding hydrogens is 230 g/mol. The lowest BCUT2D eigenvalue weighted by molar-refractivity contribution is 0.0276. The molecule has 0 aromatic heterocycles.